The van der Waals surface area contributed by atoms with Crippen LogP contribution in [0.3, 0.4) is 0 Å². The number of para-hydroxylation sites is 1. The number of amides is 1. The summed E-state index contributed by atoms with van der Waals surface area (Å²) >= 11 is 0. The van der Waals surface area contributed by atoms with Gasteiger partial charge in [0, 0.05) is 12.5 Å². The summed E-state index contributed by atoms with van der Waals surface area (Å²) in [6, 6.07) is 6.55. The highest BCUT2D eigenvalue weighted by Crippen LogP contribution is 2.44. The molecule has 1 aromatic carbocycles. The van der Waals surface area contributed by atoms with E-state index in [4.69, 9.17) is 24.5 Å². The molecule has 0 radical (unpaired) electrons. The van der Waals surface area contributed by atoms with E-state index in [1.165, 1.54) is 6.07 Å². The third-order valence-corrected chi connectivity index (χ3v) is 5.53. The first-order chi connectivity index (χ1) is 15.0. The van der Waals surface area contributed by atoms with Crippen molar-refractivity contribution in [3.05, 3.63) is 30.0 Å². The van der Waals surface area contributed by atoms with Crippen LogP contribution in [0.15, 0.2) is 28.8 Å². The second-order valence-electron chi connectivity index (χ2n) is 7.53. The predicted octanol–water partition coefficient (Wildman–Crippen LogP) is 2.42. The quantitative estimate of drug-likeness (QED) is 0.417. The van der Waals surface area contributed by atoms with Gasteiger partial charge in [0.2, 0.25) is 11.5 Å². The predicted molar refractivity (Wildman–Crippen MR) is 106 cm³/mol. The Morgan fingerprint density at radius 1 is 1.19 bits per heavy atom. The molecule has 0 saturated carbocycles. The first-order valence-corrected chi connectivity index (χ1v) is 10.2. The van der Waals surface area contributed by atoms with E-state index in [0.717, 1.165) is 25.9 Å². The van der Waals surface area contributed by atoms with Crippen molar-refractivity contribution in [1.82, 2.24) is 10.1 Å². The average molecular weight is 429 g/mol. The van der Waals surface area contributed by atoms with E-state index in [2.05, 4.69) is 10.1 Å². The first-order valence-electron chi connectivity index (χ1n) is 10.2. The van der Waals surface area contributed by atoms with Gasteiger partial charge in [-0.3, -0.25) is 0 Å². The number of hydrogen-bond donors (Lipinski definition) is 1. The number of carbonyl (C=O) groups excluding carboxylic acids is 3. The molecule has 0 spiro atoms. The number of benzene rings is 1. The van der Waals surface area contributed by atoms with E-state index in [0.29, 0.717) is 18.5 Å². The minimum Gasteiger partial charge on any atom is -0.438 e. The van der Waals surface area contributed by atoms with Gasteiger partial charge in [0.25, 0.3) is 0 Å². The summed E-state index contributed by atoms with van der Waals surface area (Å²) in [6.07, 6.45) is 0.899. The molecule has 0 aliphatic carbocycles. The van der Waals surface area contributed by atoms with Crippen molar-refractivity contribution in [2.45, 2.75) is 32.3 Å². The molecule has 2 aliphatic rings. The highest BCUT2D eigenvalue weighted by Gasteiger charge is 2.39. The number of aromatic nitrogens is 1. The smallest absolute Gasteiger partial charge is 0.423 e. The minimum atomic E-state index is -1.23. The Kier molecular flexibility index (Phi) is 5.90. The fourth-order valence-corrected chi connectivity index (χ4v) is 4.00. The maximum Gasteiger partial charge on any atom is 0.423 e. The largest absolute Gasteiger partial charge is 0.438 e. The second-order valence-corrected chi connectivity index (χ2v) is 7.53. The highest BCUT2D eigenvalue weighted by atomic mass is 16.6. The summed E-state index contributed by atoms with van der Waals surface area (Å²) in [5.41, 5.74) is 5.91. The Bertz CT molecular complexity index is 997. The normalized spacial score (nSPS) is 18.1. The second kappa shape index (κ2) is 8.76. The van der Waals surface area contributed by atoms with E-state index in [9.17, 15) is 14.4 Å². The first kappa shape index (κ1) is 20.9. The number of likely N-dealkylation sites (tertiary alicyclic amines) is 1. The molecule has 1 saturated heterocycles. The number of carbonyl (C=O) groups is 3. The lowest BCUT2D eigenvalue weighted by Crippen LogP contribution is -2.33. The van der Waals surface area contributed by atoms with Gasteiger partial charge in [-0.1, -0.05) is 24.2 Å². The molecule has 31 heavy (non-hydrogen) atoms. The fraction of sp³-hybridized carbons (Fsp3) is 0.429. The summed E-state index contributed by atoms with van der Waals surface area (Å²) in [4.78, 5) is 38.3. The van der Waals surface area contributed by atoms with Crippen LogP contribution in [0.5, 0.6) is 11.5 Å². The number of esters is 2. The SMILES string of the molecule is CCC(CN1CCCC1)C(OC(N)=O)c1onc2c1OC(=O)C(=O)Oc1ccccc1-2. The molecule has 2 aromatic rings. The molecule has 1 aromatic heterocycles. The summed E-state index contributed by atoms with van der Waals surface area (Å²) in [5, 5.41) is 4.05. The molecule has 1 fully saturated rings. The maximum absolute atomic E-state index is 12.2. The van der Waals surface area contributed by atoms with E-state index in [1.54, 1.807) is 18.2 Å². The van der Waals surface area contributed by atoms with Gasteiger partial charge in [-0.05, 0) is 44.5 Å². The highest BCUT2D eigenvalue weighted by molar-refractivity contribution is 6.31. The molecule has 3 heterocycles. The lowest BCUT2D eigenvalue weighted by molar-refractivity contribution is -0.156. The molecule has 10 nitrogen and oxygen atoms in total. The van der Waals surface area contributed by atoms with Gasteiger partial charge < -0.3 is 29.4 Å². The number of rotatable bonds is 6. The number of fused-ring (bicyclic) bond motifs is 3. The monoisotopic (exact) mass is 429 g/mol. The van der Waals surface area contributed by atoms with Crippen molar-refractivity contribution in [3.8, 4) is 22.8 Å². The van der Waals surface area contributed by atoms with Crippen LogP contribution in [0.4, 0.5) is 4.79 Å². The molecule has 10 heteroatoms. The summed E-state index contributed by atoms with van der Waals surface area (Å²) in [5.74, 6) is -2.53. The van der Waals surface area contributed by atoms with Crippen LogP contribution in [0.1, 0.15) is 38.1 Å². The Morgan fingerprint density at radius 2 is 1.90 bits per heavy atom. The molecule has 164 valence electrons. The van der Waals surface area contributed by atoms with Crippen LogP contribution in [0.25, 0.3) is 11.3 Å². The van der Waals surface area contributed by atoms with Crippen molar-refractivity contribution >= 4 is 18.0 Å². The molecule has 2 unspecified atom stereocenters. The maximum atomic E-state index is 12.2. The number of hydrogen-bond acceptors (Lipinski definition) is 9. The zero-order valence-electron chi connectivity index (χ0n) is 17.0. The summed E-state index contributed by atoms with van der Waals surface area (Å²) < 4.78 is 21.3. The van der Waals surface area contributed by atoms with Crippen molar-refractivity contribution in [1.29, 1.82) is 0 Å². The number of nitrogens with zero attached hydrogens (tertiary/aromatic N) is 2. The Labute approximate surface area is 178 Å². The van der Waals surface area contributed by atoms with Gasteiger partial charge in [0.15, 0.2) is 11.8 Å². The van der Waals surface area contributed by atoms with Gasteiger partial charge in [-0.25, -0.2) is 14.4 Å². The van der Waals surface area contributed by atoms with Crippen molar-refractivity contribution < 1.29 is 33.1 Å². The molecular formula is C21H23N3O7. The number of nitrogens with two attached hydrogens (primary N) is 1. The van der Waals surface area contributed by atoms with Crippen LogP contribution in [-0.2, 0) is 14.3 Å². The Balaban J connectivity index is 1.78. The topological polar surface area (TPSA) is 134 Å². The number of primary amides is 1. The van der Waals surface area contributed by atoms with Gasteiger partial charge in [0.1, 0.15) is 5.75 Å². The zero-order chi connectivity index (χ0) is 22.0. The van der Waals surface area contributed by atoms with E-state index < -0.39 is 24.1 Å². The fourth-order valence-electron chi connectivity index (χ4n) is 4.00. The molecule has 2 atom stereocenters. The average Bonchev–Trinajstić information content (AvgIpc) is 3.40. The van der Waals surface area contributed by atoms with Crippen LogP contribution >= 0.6 is 0 Å². The Morgan fingerprint density at radius 3 is 2.61 bits per heavy atom. The van der Waals surface area contributed by atoms with Crippen LogP contribution in [-0.4, -0.2) is 47.7 Å². The number of ether oxygens (including phenoxy) is 3. The lowest BCUT2D eigenvalue weighted by Gasteiger charge is -2.28. The Hall–Kier alpha value is -3.40. The molecule has 1 amide bonds. The molecule has 0 bridgehead atoms. The van der Waals surface area contributed by atoms with Crippen molar-refractivity contribution in [3.63, 3.8) is 0 Å². The minimum absolute atomic E-state index is 0.0256. The van der Waals surface area contributed by atoms with Gasteiger partial charge in [-0.2, -0.15) is 0 Å². The molecular weight excluding hydrogens is 406 g/mol. The molecule has 2 aliphatic heterocycles. The van der Waals surface area contributed by atoms with Crippen LogP contribution in [0.2, 0.25) is 0 Å². The van der Waals surface area contributed by atoms with Gasteiger partial charge in [-0.15, -0.1) is 0 Å². The van der Waals surface area contributed by atoms with Crippen molar-refractivity contribution in [2.75, 3.05) is 19.6 Å². The van der Waals surface area contributed by atoms with Crippen LogP contribution < -0.4 is 15.2 Å². The lowest BCUT2D eigenvalue weighted by atomic mass is 9.95. The van der Waals surface area contributed by atoms with Crippen molar-refractivity contribution in [2.24, 2.45) is 11.7 Å². The zero-order valence-corrected chi connectivity index (χ0v) is 17.0. The van der Waals surface area contributed by atoms with Gasteiger partial charge >= 0.3 is 18.0 Å². The van der Waals surface area contributed by atoms with E-state index >= 15 is 0 Å². The summed E-state index contributed by atoms with van der Waals surface area (Å²) in [6.45, 7) is 4.48. The van der Waals surface area contributed by atoms with Crippen LogP contribution in [0, 0.1) is 5.92 Å². The summed E-state index contributed by atoms with van der Waals surface area (Å²) in [7, 11) is 0. The van der Waals surface area contributed by atoms with E-state index in [1.807, 2.05) is 6.92 Å². The molecule has 2 N–H and O–H groups in total. The third-order valence-electron chi connectivity index (χ3n) is 5.53. The molecule has 4 rings (SSSR count). The van der Waals surface area contributed by atoms with E-state index in [-0.39, 0.29) is 28.9 Å². The third kappa shape index (κ3) is 4.24. The standard InChI is InChI=1S/C21H23N3O7/c1-2-12(11-24-9-5-6-10-24)16(30-21(22)27)18-17-15(23-31-18)13-7-3-4-8-14(13)28-19(25)20(26)29-17/h3-4,7-8,12,16H,2,5-6,9-11H2,1H3,(H2,22,27). The van der Waals surface area contributed by atoms with Gasteiger partial charge in [0.05, 0.1) is 5.56 Å².